The van der Waals surface area contributed by atoms with Crippen LogP contribution in [0.3, 0.4) is 0 Å². The van der Waals surface area contributed by atoms with Crippen LogP contribution in [0.15, 0.2) is 10.7 Å². The topological polar surface area (TPSA) is 60.1 Å². The second kappa shape index (κ2) is 6.54. The highest BCUT2D eigenvalue weighted by atomic mass is 79.9. The molecule has 1 aliphatic heterocycles. The van der Waals surface area contributed by atoms with Crippen molar-refractivity contribution >= 4 is 34.2 Å². The molecular formula is C19H21BrN4O2. The number of hydrogen-bond donors (Lipinski definition) is 0. The van der Waals surface area contributed by atoms with E-state index < -0.39 is 0 Å². The van der Waals surface area contributed by atoms with Gasteiger partial charge in [-0.1, -0.05) is 15.9 Å². The van der Waals surface area contributed by atoms with Gasteiger partial charge in [0.25, 0.3) is 5.91 Å². The number of carbonyl (C=O) groups excluding carboxylic acids is 2. The van der Waals surface area contributed by atoms with Crippen LogP contribution in [0.2, 0.25) is 0 Å². The number of allylic oxidation sites excluding steroid dienone is 1. The summed E-state index contributed by atoms with van der Waals surface area (Å²) in [6.07, 6.45) is 6.52. The van der Waals surface area contributed by atoms with Gasteiger partial charge in [0, 0.05) is 30.0 Å². The van der Waals surface area contributed by atoms with Gasteiger partial charge in [0.2, 0.25) is 0 Å². The van der Waals surface area contributed by atoms with Crippen molar-refractivity contribution in [2.24, 2.45) is 0 Å². The fourth-order valence-corrected chi connectivity index (χ4v) is 4.51. The monoisotopic (exact) mass is 416 g/mol. The largest absolute Gasteiger partial charge is 0.340 e. The number of nitrogens with zero attached hydrogens (tertiary/aromatic N) is 4. The van der Waals surface area contributed by atoms with Gasteiger partial charge in [-0.05, 0) is 37.2 Å². The predicted octanol–water partition coefficient (Wildman–Crippen LogP) is 2.84. The SMILES string of the molecule is Cc1ncc2n1CCN(C(=O)c1c3c(n(CC=O)c1C)CCC(Br)=C3)C2. The number of halogens is 1. The third-order valence-electron chi connectivity index (χ3n) is 5.42. The maximum atomic E-state index is 13.4. The van der Waals surface area contributed by atoms with Gasteiger partial charge in [0.05, 0.1) is 30.5 Å². The number of carbonyl (C=O) groups is 2. The molecule has 7 heteroatoms. The first-order chi connectivity index (χ1) is 12.5. The smallest absolute Gasteiger partial charge is 0.256 e. The zero-order chi connectivity index (χ0) is 18.4. The van der Waals surface area contributed by atoms with Gasteiger partial charge < -0.3 is 18.8 Å². The Kier molecular flexibility index (Phi) is 4.34. The molecule has 0 saturated heterocycles. The number of hydrogen-bond acceptors (Lipinski definition) is 3. The van der Waals surface area contributed by atoms with Gasteiger partial charge in [-0.15, -0.1) is 0 Å². The number of aryl methyl sites for hydroxylation is 1. The maximum Gasteiger partial charge on any atom is 0.256 e. The zero-order valence-corrected chi connectivity index (χ0v) is 16.5. The Morgan fingerprint density at radius 3 is 2.88 bits per heavy atom. The molecule has 136 valence electrons. The number of aromatic nitrogens is 3. The second-order valence-corrected chi connectivity index (χ2v) is 7.88. The number of amides is 1. The van der Waals surface area contributed by atoms with Crippen molar-refractivity contribution in [2.75, 3.05) is 6.54 Å². The van der Waals surface area contributed by atoms with Crippen molar-refractivity contribution in [1.82, 2.24) is 19.0 Å². The summed E-state index contributed by atoms with van der Waals surface area (Å²) in [4.78, 5) is 30.8. The van der Waals surface area contributed by atoms with Crippen LogP contribution in [0.25, 0.3) is 6.08 Å². The molecule has 0 radical (unpaired) electrons. The van der Waals surface area contributed by atoms with E-state index in [-0.39, 0.29) is 5.91 Å². The number of aldehydes is 1. The average molecular weight is 417 g/mol. The molecule has 0 N–H and O–H groups in total. The van der Waals surface area contributed by atoms with Crippen molar-refractivity contribution in [3.8, 4) is 0 Å². The highest BCUT2D eigenvalue weighted by molar-refractivity contribution is 9.11. The van der Waals surface area contributed by atoms with E-state index in [1.54, 1.807) is 0 Å². The second-order valence-electron chi connectivity index (χ2n) is 6.86. The summed E-state index contributed by atoms with van der Waals surface area (Å²) in [5.74, 6) is 1.02. The van der Waals surface area contributed by atoms with Gasteiger partial charge in [-0.2, -0.15) is 0 Å². The lowest BCUT2D eigenvalue weighted by molar-refractivity contribution is -0.108. The molecule has 4 rings (SSSR count). The molecule has 1 aliphatic carbocycles. The number of imidazole rings is 1. The lowest BCUT2D eigenvalue weighted by Crippen LogP contribution is -2.38. The van der Waals surface area contributed by atoms with Gasteiger partial charge in [0.15, 0.2) is 0 Å². The fourth-order valence-electron chi connectivity index (χ4n) is 4.08. The Morgan fingerprint density at radius 2 is 2.12 bits per heavy atom. The molecule has 0 bridgehead atoms. The predicted molar refractivity (Wildman–Crippen MR) is 102 cm³/mol. The standard InChI is InChI=1S/C19H21BrN4O2/c1-12-18(16-9-14(20)3-4-17(16)23(12)7-8-25)19(26)22-5-6-24-13(2)21-10-15(24)11-22/h8-10H,3-7,11H2,1-2H3. The molecule has 2 aliphatic rings. The molecule has 2 aromatic rings. The van der Waals surface area contributed by atoms with E-state index in [2.05, 4.69) is 25.5 Å². The Labute approximate surface area is 160 Å². The zero-order valence-electron chi connectivity index (χ0n) is 15.0. The molecule has 0 aromatic carbocycles. The Morgan fingerprint density at radius 1 is 1.31 bits per heavy atom. The maximum absolute atomic E-state index is 13.4. The van der Waals surface area contributed by atoms with Gasteiger partial charge >= 0.3 is 0 Å². The minimum Gasteiger partial charge on any atom is -0.340 e. The molecule has 0 atom stereocenters. The molecular weight excluding hydrogens is 396 g/mol. The van der Waals surface area contributed by atoms with Crippen molar-refractivity contribution in [2.45, 2.75) is 46.3 Å². The quantitative estimate of drug-likeness (QED) is 0.722. The summed E-state index contributed by atoms with van der Waals surface area (Å²) in [5, 5.41) is 0. The van der Waals surface area contributed by atoms with Gasteiger partial charge in [0.1, 0.15) is 12.1 Å². The average Bonchev–Trinajstić information content (AvgIpc) is 3.12. The third-order valence-corrected chi connectivity index (χ3v) is 6.04. The van der Waals surface area contributed by atoms with Crippen molar-refractivity contribution in [1.29, 1.82) is 0 Å². The first kappa shape index (κ1) is 17.3. The van der Waals surface area contributed by atoms with Crippen molar-refractivity contribution < 1.29 is 9.59 Å². The molecule has 0 spiro atoms. The van der Waals surface area contributed by atoms with E-state index >= 15 is 0 Å². The van der Waals surface area contributed by atoms with E-state index in [1.165, 1.54) is 0 Å². The summed E-state index contributed by atoms with van der Waals surface area (Å²) in [6, 6.07) is 0. The van der Waals surface area contributed by atoms with Gasteiger partial charge in [-0.25, -0.2) is 4.98 Å². The van der Waals surface area contributed by atoms with Crippen LogP contribution in [0.4, 0.5) is 0 Å². The van der Waals surface area contributed by atoms with Crippen LogP contribution in [0.1, 0.15) is 45.2 Å². The van der Waals surface area contributed by atoms with Crippen LogP contribution in [-0.2, 0) is 30.8 Å². The molecule has 6 nitrogen and oxygen atoms in total. The van der Waals surface area contributed by atoms with Crippen molar-refractivity contribution in [3.05, 3.63) is 44.7 Å². The van der Waals surface area contributed by atoms with E-state index in [1.807, 2.05) is 35.6 Å². The lowest BCUT2D eigenvalue weighted by Gasteiger charge is -2.29. The number of rotatable bonds is 3. The van der Waals surface area contributed by atoms with Crippen LogP contribution in [0, 0.1) is 13.8 Å². The summed E-state index contributed by atoms with van der Waals surface area (Å²) < 4.78 is 5.25. The Bertz CT molecular complexity index is 938. The summed E-state index contributed by atoms with van der Waals surface area (Å²) in [5.41, 5.74) is 4.71. The first-order valence-electron chi connectivity index (χ1n) is 8.83. The third kappa shape index (κ3) is 2.65. The van der Waals surface area contributed by atoms with E-state index in [9.17, 15) is 9.59 Å². The normalized spacial score (nSPS) is 16.1. The molecule has 0 fully saturated rings. The highest BCUT2D eigenvalue weighted by Crippen LogP contribution is 2.34. The fraction of sp³-hybridized carbons (Fsp3) is 0.421. The molecule has 26 heavy (non-hydrogen) atoms. The summed E-state index contributed by atoms with van der Waals surface area (Å²) >= 11 is 3.58. The lowest BCUT2D eigenvalue weighted by atomic mass is 9.99. The number of fused-ring (bicyclic) bond motifs is 2. The minimum absolute atomic E-state index is 0.0342. The molecule has 0 unspecified atom stereocenters. The van der Waals surface area contributed by atoms with Crippen LogP contribution < -0.4 is 0 Å². The van der Waals surface area contributed by atoms with Crippen molar-refractivity contribution in [3.63, 3.8) is 0 Å². The van der Waals surface area contributed by atoms with Crippen LogP contribution in [0.5, 0.6) is 0 Å². The van der Waals surface area contributed by atoms with E-state index in [0.717, 1.165) is 64.2 Å². The molecule has 0 saturated carbocycles. The van der Waals surface area contributed by atoms with Crippen LogP contribution >= 0.6 is 15.9 Å². The minimum atomic E-state index is 0.0342. The van der Waals surface area contributed by atoms with E-state index in [4.69, 9.17) is 0 Å². The highest BCUT2D eigenvalue weighted by Gasteiger charge is 2.30. The molecule has 1 amide bonds. The van der Waals surface area contributed by atoms with Crippen LogP contribution in [-0.4, -0.2) is 37.8 Å². The summed E-state index contributed by atoms with van der Waals surface area (Å²) in [6.45, 7) is 6.22. The Hall–Kier alpha value is -2.15. The molecule has 3 heterocycles. The first-order valence-corrected chi connectivity index (χ1v) is 9.62. The van der Waals surface area contributed by atoms with Gasteiger partial charge in [-0.3, -0.25) is 4.79 Å². The Balaban J connectivity index is 1.74. The molecule has 2 aromatic heterocycles. The summed E-state index contributed by atoms with van der Waals surface area (Å²) in [7, 11) is 0. The van der Waals surface area contributed by atoms with E-state index in [0.29, 0.717) is 19.6 Å².